The van der Waals surface area contributed by atoms with E-state index in [2.05, 4.69) is 10.3 Å². The lowest BCUT2D eigenvalue weighted by Crippen LogP contribution is -2.00. The minimum atomic E-state index is -0.247. The van der Waals surface area contributed by atoms with Crippen molar-refractivity contribution in [1.29, 1.82) is 0 Å². The number of allylic oxidation sites excluding steroid dienone is 1. The van der Waals surface area contributed by atoms with Crippen LogP contribution in [0.2, 0.25) is 0 Å². The van der Waals surface area contributed by atoms with Gasteiger partial charge < -0.3 is 0 Å². The quantitative estimate of drug-likeness (QED) is 0.298. The number of hydrogen-bond acceptors (Lipinski definition) is 3. The predicted octanol–water partition coefficient (Wildman–Crippen LogP) is 5.15. The van der Waals surface area contributed by atoms with Crippen molar-refractivity contribution in [3.05, 3.63) is 125 Å². The van der Waals surface area contributed by atoms with Crippen LogP contribution in [-0.4, -0.2) is 20.8 Å². The zero-order chi connectivity index (χ0) is 21.5. The maximum atomic E-state index is 13.0. The topological polar surface area (TPSA) is 47.8 Å². The van der Waals surface area contributed by atoms with E-state index in [0.717, 1.165) is 35.2 Å². The maximum Gasteiger partial charge on any atom is 0.185 e. The fourth-order valence-electron chi connectivity index (χ4n) is 3.25. The van der Waals surface area contributed by atoms with Gasteiger partial charge in [0.2, 0.25) is 0 Å². The number of carbonyl (C=O) groups is 1. The summed E-state index contributed by atoms with van der Waals surface area (Å²) in [6.45, 7) is 0.556. The number of rotatable bonds is 8. The molecule has 0 saturated heterocycles. The number of nitrogens with zero attached hydrogens (tertiary/aromatic N) is 3. The molecule has 0 N–H and O–H groups in total. The van der Waals surface area contributed by atoms with Crippen LogP contribution in [0.5, 0.6) is 0 Å². The summed E-state index contributed by atoms with van der Waals surface area (Å²) in [5, 5.41) is 8.37. The Morgan fingerprint density at radius 3 is 2.32 bits per heavy atom. The third-order valence-corrected chi connectivity index (χ3v) is 4.98. The van der Waals surface area contributed by atoms with E-state index in [4.69, 9.17) is 0 Å². The Morgan fingerprint density at radius 1 is 0.871 bits per heavy atom. The zero-order valence-corrected chi connectivity index (χ0v) is 17.0. The van der Waals surface area contributed by atoms with Crippen LogP contribution in [0, 0.1) is 5.82 Å². The third-order valence-electron chi connectivity index (χ3n) is 4.98. The molecule has 3 aromatic carbocycles. The van der Waals surface area contributed by atoms with Crippen molar-refractivity contribution in [2.75, 3.05) is 0 Å². The van der Waals surface area contributed by atoms with Gasteiger partial charge >= 0.3 is 0 Å². The first kappa shape index (κ1) is 20.4. The molecule has 1 aromatic heterocycles. The van der Waals surface area contributed by atoms with Gasteiger partial charge in [0, 0.05) is 11.8 Å². The van der Waals surface area contributed by atoms with Crippen molar-refractivity contribution in [2.24, 2.45) is 0 Å². The molecule has 0 unspecified atom stereocenters. The van der Waals surface area contributed by atoms with E-state index in [0.29, 0.717) is 12.1 Å². The number of aryl methyl sites for hydroxylation is 2. The maximum absolute atomic E-state index is 13.0. The normalized spacial score (nSPS) is 11.1. The van der Waals surface area contributed by atoms with Gasteiger partial charge in [-0.1, -0.05) is 78.0 Å². The van der Waals surface area contributed by atoms with Crippen LogP contribution in [0.4, 0.5) is 4.39 Å². The molecule has 0 aliphatic rings. The lowest BCUT2D eigenvalue weighted by atomic mass is 10.0. The molecule has 0 amide bonds. The van der Waals surface area contributed by atoms with Crippen LogP contribution in [0.15, 0.2) is 91.1 Å². The smallest absolute Gasteiger partial charge is 0.185 e. The molecule has 154 valence electrons. The van der Waals surface area contributed by atoms with Crippen LogP contribution in [0.25, 0.3) is 6.08 Å². The summed E-state index contributed by atoms with van der Waals surface area (Å²) in [6, 6.07) is 23.8. The summed E-state index contributed by atoms with van der Waals surface area (Å²) >= 11 is 0. The Labute approximate surface area is 180 Å². The molecule has 0 bridgehead atoms. The fourth-order valence-corrected chi connectivity index (χ4v) is 3.25. The van der Waals surface area contributed by atoms with Crippen molar-refractivity contribution in [3.8, 4) is 0 Å². The molecule has 4 rings (SSSR count). The number of halogens is 1. The van der Waals surface area contributed by atoms with Gasteiger partial charge in [0.05, 0.1) is 12.2 Å². The summed E-state index contributed by atoms with van der Waals surface area (Å²) in [5.41, 5.74) is 4.67. The minimum Gasteiger partial charge on any atom is -0.289 e. The summed E-state index contributed by atoms with van der Waals surface area (Å²) in [5.74, 6) is -0.262. The second-order valence-electron chi connectivity index (χ2n) is 7.34. The van der Waals surface area contributed by atoms with Gasteiger partial charge in [-0.05, 0) is 47.7 Å². The van der Waals surface area contributed by atoms with E-state index >= 15 is 0 Å². The highest BCUT2D eigenvalue weighted by Crippen LogP contribution is 2.11. The Kier molecular flexibility index (Phi) is 6.43. The Balaban J connectivity index is 1.30. The van der Waals surface area contributed by atoms with Gasteiger partial charge in [0.1, 0.15) is 5.82 Å². The first-order valence-electron chi connectivity index (χ1n) is 10.2. The monoisotopic (exact) mass is 411 g/mol. The average Bonchev–Trinajstić information content (AvgIpc) is 3.26. The Bertz CT molecular complexity index is 1160. The van der Waals surface area contributed by atoms with Crippen molar-refractivity contribution in [1.82, 2.24) is 15.0 Å². The molecule has 5 heteroatoms. The number of aromatic nitrogens is 3. The molecule has 0 radical (unpaired) electrons. The molecule has 4 nitrogen and oxygen atoms in total. The largest absolute Gasteiger partial charge is 0.289 e. The van der Waals surface area contributed by atoms with Crippen LogP contribution in [0.1, 0.15) is 32.7 Å². The van der Waals surface area contributed by atoms with E-state index in [9.17, 15) is 9.18 Å². The molecule has 31 heavy (non-hydrogen) atoms. The van der Waals surface area contributed by atoms with Crippen molar-refractivity contribution in [2.45, 2.75) is 19.4 Å². The van der Waals surface area contributed by atoms with E-state index in [1.165, 1.54) is 12.1 Å². The molecule has 0 atom stereocenters. The van der Waals surface area contributed by atoms with Crippen molar-refractivity contribution < 1.29 is 9.18 Å². The van der Waals surface area contributed by atoms with Crippen molar-refractivity contribution in [3.63, 3.8) is 0 Å². The van der Waals surface area contributed by atoms with Gasteiger partial charge in [-0.15, -0.1) is 5.10 Å². The lowest BCUT2D eigenvalue weighted by Gasteiger charge is -2.02. The van der Waals surface area contributed by atoms with Gasteiger partial charge in [0.15, 0.2) is 5.78 Å². The first-order valence-corrected chi connectivity index (χ1v) is 10.2. The van der Waals surface area contributed by atoms with E-state index in [1.807, 2.05) is 66.9 Å². The first-order chi connectivity index (χ1) is 15.2. The summed E-state index contributed by atoms with van der Waals surface area (Å²) in [7, 11) is 0. The SMILES string of the molecule is O=C(/C=C/c1ccccc1)c1ccc(CCc2cn(Cc3ccc(F)cc3)nn2)cc1. The number of benzene rings is 3. The molecular weight excluding hydrogens is 389 g/mol. The highest BCUT2D eigenvalue weighted by atomic mass is 19.1. The van der Waals surface area contributed by atoms with E-state index in [-0.39, 0.29) is 11.6 Å². The van der Waals surface area contributed by atoms with E-state index < -0.39 is 0 Å². The third kappa shape index (κ3) is 5.82. The molecule has 0 saturated carbocycles. The highest BCUT2D eigenvalue weighted by Gasteiger charge is 2.05. The predicted molar refractivity (Wildman–Crippen MR) is 119 cm³/mol. The van der Waals surface area contributed by atoms with E-state index in [1.54, 1.807) is 22.9 Å². The standard InChI is InChI=1S/C26H22FN3O/c27-24-14-8-22(9-15-24)18-30-19-25(28-29-30)16-10-21-6-12-23(13-7-21)26(31)17-11-20-4-2-1-3-5-20/h1-9,11-15,17,19H,10,16,18H2/b17-11+. The summed E-state index contributed by atoms with van der Waals surface area (Å²) < 4.78 is 14.8. The fraction of sp³-hybridized carbons (Fsp3) is 0.115. The van der Waals surface area contributed by atoms with Gasteiger partial charge in [-0.2, -0.15) is 0 Å². The summed E-state index contributed by atoms with van der Waals surface area (Å²) in [6.07, 6.45) is 6.90. The molecule has 1 heterocycles. The summed E-state index contributed by atoms with van der Waals surface area (Å²) in [4.78, 5) is 12.4. The molecule has 0 fully saturated rings. The Hall–Kier alpha value is -3.86. The van der Waals surface area contributed by atoms with Crippen LogP contribution in [0.3, 0.4) is 0 Å². The molecule has 0 spiro atoms. The van der Waals surface area contributed by atoms with Gasteiger partial charge in [0.25, 0.3) is 0 Å². The van der Waals surface area contributed by atoms with Crippen LogP contribution in [-0.2, 0) is 19.4 Å². The zero-order valence-electron chi connectivity index (χ0n) is 17.0. The molecule has 4 aromatic rings. The number of hydrogen-bond donors (Lipinski definition) is 0. The highest BCUT2D eigenvalue weighted by molar-refractivity contribution is 6.06. The number of ketones is 1. The van der Waals surface area contributed by atoms with Crippen molar-refractivity contribution >= 4 is 11.9 Å². The van der Waals surface area contributed by atoms with Crippen LogP contribution >= 0.6 is 0 Å². The van der Waals surface area contributed by atoms with Gasteiger partial charge in [-0.25, -0.2) is 9.07 Å². The Morgan fingerprint density at radius 2 is 1.58 bits per heavy atom. The molecule has 0 aliphatic carbocycles. The minimum absolute atomic E-state index is 0.0147. The number of carbonyl (C=O) groups excluding carboxylic acids is 1. The molecule has 0 aliphatic heterocycles. The van der Waals surface area contributed by atoms with Gasteiger partial charge in [-0.3, -0.25) is 4.79 Å². The molecular formula is C26H22FN3O. The average molecular weight is 411 g/mol. The second-order valence-corrected chi connectivity index (χ2v) is 7.34. The lowest BCUT2D eigenvalue weighted by molar-refractivity contribution is 0.104. The van der Waals surface area contributed by atoms with Crippen LogP contribution < -0.4 is 0 Å². The second kappa shape index (κ2) is 9.76.